The first kappa shape index (κ1) is 25.5. The predicted octanol–water partition coefficient (Wildman–Crippen LogP) is 1.40. The molecule has 0 spiro atoms. The van der Waals surface area contributed by atoms with Crippen LogP contribution >= 0.6 is 0 Å². The molecule has 4 heterocycles. The molecule has 2 aromatic heterocycles. The van der Waals surface area contributed by atoms with Crippen molar-refractivity contribution in [2.45, 2.75) is 36.7 Å². The second-order valence-corrected chi connectivity index (χ2v) is 8.40. The van der Waals surface area contributed by atoms with Gasteiger partial charge in [-0.1, -0.05) is 0 Å². The van der Waals surface area contributed by atoms with E-state index < -0.39 is 55.1 Å². The van der Waals surface area contributed by atoms with Crippen LogP contribution in [-0.4, -0.2) is 88.8 Å². The second-order valence-electron chi connectivity index (χ2n) is 8.40. The van der Waals surface area contributed by atoms with Crippen molar-refractivity contribution in [1.82, 2.24) is 19.9 Å². The molecule has 10 nitrogen and oxygen atoms in total. The quantitative estimate of drug-likeness (QED) is 0.464. The lowest BCUT2D eigenvalue weighted by Gasteiger charge is -2.40. The number of ether oxygens (including phenoxy) is 2. The lowest BCUT2D eigenvalue weighted by atomic mass is 9.99. The lowest BCUT2D eigenvalue weighted by molar-refractivity contribution is -0.214. The molecule has 2 aliphatic heterocycles. The summed E-state index contributed by atoms with van der Waals surface area (Å²) in [6.45, 7) is -0.977. The van der Waals surface area contributed by atoms with Gasteiger partial charge in [-0.2, -0.15) is 13.2 Å². The molecule has 2 fully saturated rings. The van der Waals surface area contributed by atoms with Gasteiger partial charge in [0.2, 0.25) is 5.88 Å². The van der Waals surface area contributed by atoms with Gasteiger partial charge in [-0.05, 0) is 6.07 Å². The van der Waals surface area contributed by atoms with Gasteiger partial charge in [0.1, 0.15) is 12.1 Å². The highest BCUT2D eigenvalue weighted by molar-refractivity contribution is 5.86. The number of anilines is 1. The van der Waals surface area contributed by atoms with E-state index in [4.69, 9.17) is 10.5 Å². The molecule has 3 atom stereocenters. The Morgan fingerprint density at radius 1 is 1.19 bits per heavy atom. The Balaban J connectivity index is 1.52. The van der Waals surface area contributed by atoms with Gasteiger partial charge in [0, 0.05) is 43.0 Å². The molecule has 4 rings (SSSR count). The SMILES string of the molecule is COc1ccc(-c2cc(N3C[C@H](N)[C@@H](N4CC(F)(F)CC(OC(=O)C(F)(F)F)C4=O)C3)ncn2)cn1. The van der Waals surface area contributed by atoms with Crippen molar-refractivity contribution in [2.75, 3.05) is 31.6 Å². The van der Waals surface area contributed by atoms with E-state index in [2.05, 4.69) is 19.7 Å². The molecule has 15 heteroatoms. The number of alkyl halides is 5. The Hall–Kier alpha value is -3.62. The van der Waals surface area contributed by atoms with Crippen LogP contribution in [0.2, 0.25) is 0 Å². The highest BCUT2D eigenvalue weighted by Gasteiger charge is 2.53. The zero-order chi connectivity index (χ0) is 26.3. The number of likely N-dealkylation sites (tertiary alicyclic amines) is 1. The number of rotatable bonds is 5. The molecule has 0 saturated carbocycles. The van der Waals surface area contributed by atoms with Crippen LogP contribution in [0.4, 0.5) is 27.8 Å². The van der Waals surface area contributed by atoms with E-state index in [0.29, 0.717) is 27.9 Å². The van der Waals surface area contributed by atoms with E-state index in [1.54, 1.807) is 29.3 Å². The molecule has 2 saturated heterocycles. The van der Waals surface area contributed by atoms with Crippen molar-refractivity contribution in [1.29, 1.82) is 0 Å². The van der Waals surface area contributed by atoms with Crippen molar-refractivity contribution in [3.05, 3.63) is 30.7 Å². The van der Waals surface area contributed by atoms with Crippen LogP contribution in [0.25, 0.3) is 11.3 Å². The van der Waals surface area contributed by atoms with Crippen molar-refractivity contribution < 1.29 is 41.0 Å². The number of nitrogens with two attached hydrogens (primary N) is 1. The molecule has 0 aromatic carbocycles. The molecule has 0 bridgehead atoms. The molecule has 2 N–H and O–H groups in total. The van der Waals surface area contributed by atoms with Gasteiger partial charge in [-0.3, -0.25) is 4.79 Å². The minimum absolute atomic E-state index is 0.0275. The summed E-state index contributed by atoms with van der Waals surface area (Å²) in [5.41, 5.74) is 7.31. The smallest absolute Gasteiger partial charge is 0.481 e. The van der Waals surface area contributed by atoms with Gasteiger partial charge in [0.25, 0.3) is 11.8 Å². The third kappa shape index (κ3) is 5.29. The van der Waals surface area contributed by atoms with Crippen LogP contribution in [0.15, 0.2) is 30.7 Å². The number of aromatic nitrogens is 3. The number of carbonyl (C=O) groups is 2. The molecule has 1 unspecified atom stereocenters. The number of pyridine rings is 1. The van der Waals surface area contributed by atoms with Gasteiger partial charge in [-0.25, -0.2) is 28.5 Å². The fourth-order valence-corrected chi connectivity index (χ4v) is 4.16. The minimum atomic E-state index is -5.43. The highest BCUT2D eigenvalue weighted by atomic mass is 19.4. The van der Waals surface area contributed by atoms with Gasteiger partial charge in [0.15, 0.2) is 6.10 Å². The van der Waals surface area contributed by atoms with Crippen molar-refractivity contribution in [2.24, 2.45) is 5.73 Å². The first-order valence-electron chi connectivity index (χ1n) is 10.7. The standard InChI is InChI=1S/C21H21F5N6O4/c1-35-17-3-2-11(6-28-17)13-4-16(30-10-29-13)31-7-12(27)14(8-31)32-9-20(22,23)5-15(18(32)33)36-19(34)21(24,25)26/h2-4,6,10,12,14-15H,5,7-9,27H2,1H3/t12-,14-,15?/m0/s1. The van der Waals surface area contributed by atoms with Crippen LogP contribution < -0.4 is 15.4 Å². The van der Waals surface area contributed by atoms with Crippen LogP contribution in [-0.2, 0) is 14.3 Å². The van der Waals surface area contributed by atoms with Crippen molar-refractivity contribution in [3.8, 4) is 17.1 Å². The Bertz CT molecular complexity index is 1130. The first-order valence-corrected chi connectivity index (χ1v) is 10.7. The molecule has 2 aromatic rings. The number of esters is 1. The summed E-state index contributed by atoms with van der Waals surface area (Å²) in [6, 6.07) is 3.18. The number of hydrogen-bond acceptors (Lipinski definition) is 9. The molecule has 1 amide bonds. The largest absolute Gasteiger partial charge is 0.490 e. The maximum Gasteiger partial charge on any atom is 0.490 e. The van der Waals surface area contributed by atoms with Gasteiger partial charge < -0.3 is 25.0 Å². The third-order valence-electron chi connectivity index (χ3n) is 5.88. The normalized spacial score (nSPS) is 24.1. The number of carbonyl (C=O) groups excluding carboxylic acids is 2. The minimum Gasteiger partial charge on any atom is -0.481 e. The van der Waals surface area contributed by atoms with Crippen LogP contribution in [0, 0.1) is 0 Å². The Morgan fingerprint density at radius 3 is 2.58 bits per heavy atom. The zero-order valence-electron chi connectivity index (χ0n) is 18.8. The van der Waals surface area contributed by atoms with E-state index in [1.165, 1.54) is 13.4 Å². The zero-order valence-corrected chi connectivity index (χ0v) is 18.8. The summed E-state index contributed by atoms with van der Waals surface area (Å²) in [7, 11) is 1.48. The molecular formula is C21H21F5N6O4. The van der Waals surface area contributed by atoms with E-state index in [-0.39, 0.29) is 13.1 Å². The fourth-order valence-electron chi connectivity index (χ4n) is 4.16. The summed E-state index contributed by atoms with van der Waals surface area (Å²) in [6.07, 6.45) is -6.22. The van der Waals surface area contributed by atoms with Crippen molar-refractivity contribution in [3.63, 3.8) is 0 Å². The Labute approximate surface area is 201 Å². The predicted molar refractivity (Wildman–Crippen MR) is 113 cm³/mol. The summed E-state index contributed by atoms with van der Waals surface area (Å²) < 4.78 is 75.6. The second kappa shape index (κ2) is 9.44. The Morgan fingerprint density at radius 2 is 1.94 bits per heavy atom. The number of nitrogens with zero attached hydrogens (tertiary/aromatic N) is 5. The number of halogens is 5. The molecule has 0 aliphatic carbocycles. The molecule has 36 heavy (non-hydrogen) atoms. The molecular weight excluding hydrogens is 495 g/mol. The van der Waals surface area contributed by atoms with Crippen molar-refractivity contribution >= 4 is 17.7 Å². The van der Waals surface area contributed by atoms with Gasteiger partial charge in [-0.15, -0.1) is 0 Å². The summed E-state index contributed by atoms with van der Waals surface area (Å²) in [5.74, 6) is -6.65. The lowest BCUT2D eigenvalue weighted by Crippen LogP contribution is -2.61. The Kier molecular flexibility index (Phi) is 6.68. The number of hydrogen-bond donors (Lipinski definition) is 1. The van der Waals surface area contributed by atoms with Crippen LogP contribution in [0.5, 0.6) is 5.88 Å². The van der Waals surface area contributed by atoms with E-state index in [1.807, 2.05) is 0 Å². The average Bonchev–Trinajstić information content (AvgIpc) is 3.22. The van der Waals surface area contributed by atoms with Gasteiger partial charge >= 0.3 is 12.1 Å². The van der Waals surface area contributed by atoms with Crippen LogP contribution in [0.1, 0.15) is 6.42 Å². The number of amides is 1. The number of piperidine rings is 1. The molecule has 2 aliphatic rings. The summed E-state index contributed by atoms with van der Waals surface area (Å²) >= 11 is 0. The first-order chi connectivity index (χ1) is 16.9. The monoisotopic (exact) mass is 516 g/mol. The topological polar surface area (TPSA) is 124 Å². The summed E-state index contributed by atoms with van der Waals surface area (Å²) in [5, 5.41) is 0. The summed E-state index contributed by atoms with van der Waals surface area (Å²) in [4.78, 5) is 38.8. The maximum atomic E-state index is 14.4. The third-order valence-corrected chi connectivity index (χ3v) is 5.88. The van der Waals surface area contributed by atoms with E-state index in [0.717, 1.165) is 0 Å². The molecule has 194 valence electrons. The highest BCUT2D eigenvalue weighted by Crippen LogP contribution is 2.34. The van der Waals surface area contributed by atoms with E-state index in [9.17, 15) is 31.5 Å². The van der Waals surface area contributed by atoms with Gasteiger partial charge in [0.05, 0.1) is 31.8 Å². The van der Waals surface area contributed by atoms with Crippen LogP contribution in [0.3, 0.4) is 0 Å². The maximum absolute atomic E-state index is 14.4. The average molecular weight is 516 g/mol. The molecule has 0 radical (unpaired) electrons. The fraction of sp³-hybridized carbons (Fsp3) is 0.476. The number of methoxy groups -OCH3 is 1. The van der Waals surface area contributed by atoms with E-state index >= 15 is 0 Å².